The highest BCUT2D eigenvalue weighted by Crippen LogP contribution is 2.28. The standard InChI is InChI=1S/C17H20BrNO2/c1-12(2)19-10-14-9-15(18)5-8-17(14)21-16-6-3-13(11-20)4-7-16/h3-9,12,19-20H,10-11H2,1-2H3. The molecule has 21 heavy (non-hydrogen) atoms. The maximum absolute atomic E-state index is 9.06. The highest BCUT2D eigenvalue weighted by molar-refractivity contribution is 9.10. The van der Waals surface area contributed by atoms with Crippen LogP contribution < -0.4 is 10.1 Å². The van der Waals surface area contributed by atoms with E-state index in [-0.39, 0.29) is 6.61 Å². The van der Waals surface area contributed by atoms with Gasteiger partial charge in [-0.05, 0) is 35.9 Å². The smallest absolute Gasteiger partial charge is 0.131 e. The number of ether oxygens (including phenoxy) is 1. The van der Waals surface area contributed by atoms with Crippen LogP contribution in [0.1, 0.15) is 25.0 Å². The highest BCUT2D eigenvalue weighted by Gasteiger charge is 2.07. The molecule has 2 rings (SSSR count). The number of benzene rings is 2. The summed E-state index contributed by atoms with van der Waals surface area (Å²) in [5.74, 6) is 1.60. The predicted octanol–water partition coefficient (Wildman–Crippen LogP) is 4.23. The number of rotatable bonds is 6. The molecule has 3 nitrogen and oxygen atoms in total. The van der Waals surface area contributed by atoms with Gasteiger partial charge in [0.1, 0.15) is 11.5 Å². The first-order valence-corrected chi connectivity index (χ1v) is 7.77. The van der Waals surface area contributed by atoms with E-state index in [0.29, 0.717) is 6.04 Å². The number of hydrogen-bond donors (Lipinski definition) is 2. The summed E-state index contributed by atoms with van der Waals surface area (Å²) < 4.78 is 6.99. The van der Waals surface area contributed by atoms with Crippen LogP contribution in [0.4, 0.5) is 0 Å². The van der Waals surface area contributed by atoms with Gasteiger partial charge in [-0.2, -0.15) is 0 Å². The van der Waals surface area contributed by atoms with Crippen LogP contribution in [-0.4, -0.2) is 11.1 Å². The van der Waals surface area contributed by atoms with Crippen LogP contribution in [-0.2, 0) is 13.2 Å². The average molecular weight is 350 g/mol. The number of halogens is 1. The van der Waals surface area contributed by atoms with E-state index in [1.165, 1.54) is 0 Å². The Kier molecular flexibility index (Phi) is 5.79. The lowest BCUT2D eigenvalue weighted by atomic mass is 10.2. The molecule has 0 bridgehead atoms. The monoisotopic (exact) mass is 349 g/mol. The second-order valence-corrected chi connectivity index (χ2v) is 6.11. The summed E-state index contributed by atoms with van der Waals surface area (Å²) in [7, 11) is 0. The van der Waals surface area contributed by atoms with Gasteiger partial charge in [0.05, 0.1) is 6.61 Å². The van der Waals surface area contributed by atoms with Crippen LogP contribution in [0.3, 0.4) is 0 Å². The van der Waals surface area contributed by atoms with Crippen molar-refractivity contribution < 1.29 is 9.84 Å². The van der Waals surface area contributed by atoms with Crippen LogP contribution in [0.5, 0.6) is 11.5 Å². The fraction of sp³-hybridized carbons (Fsp3) is 0.294. The van der Waals surface area contributed by atoms with Crippen LogP contribution in [0.15, 0.2) is 46.9 Å². The molecule has 0 atom stereocenters. The van der Waals surface area contributed by atoms with Gasteiger partial charge in [0.15, 0.2) is 0 Å². The third-order valence-electron chi connectivity index (χ3n) is 3.06. The maximum atomic E-state index is 9.06. The van der Waals surface area contributed by atoms with E-state index in [4.69, 9.17) is 9.84 Å². The normalized spacial score (nSPS) is 10.9. The zero-order valence-electron chi connectivity index (χ0n) is 12.3. The summed E-state index contributed by atoms with van der Waals surface area (Å²) >= 11 is 3.50. The van der Waals surface area contributed by atoms with Crippen molar-refractivity contribution in [2.45, 2.75) is 33.0 Å². The summed E-state index contributed by atoms with van der Waals surface area (Å²) in [4.78, 5) is 0. The molecule has 0 radical (unpaired) electrons. The molecule has 4 heteroatoms. The largest absolute Gasteiger partial charge is 0.457 e. The molecule has 0 amide bonds. The first kappa shape index (κ1) is 16.0. The van der Waals surface area contributed by atoms with Crippen molar-refractivity contribution in [2.24, 2.45) is 0 Å². The van der Waals surface area contributed by atoms with Gasteiger partial charge in [0.25, 0.3) is 0 Å². The lowest BCUT2D eigenvalue weighted by Crippen LogP contribution is -2.22. The van der Waals surface area contributed by atoms with Crippen LogP contribution in [0.25, 0.3) is 0 Å². The van der Waals surface area contributed by atoms with Crippen molar-refractivity contribution >= 4 is 15.9 Å². The Balaban J connectivity index is 2.17. The quantitative estimate of drug-likeness (QED) is 0.819. The summed E-state index contributed by atoms with van der Waals surface area (Å²) in [6.07, 6.45) is 0. The van der Waals surface area contributed by atoms with Crippen LogP contribution in [0, 0.1) is 0 Å². The highest BCUT2D eigenvalue weighted by atomic mass is 79.9. The molecule has 0 aromatic heterocycles. The van der Waals surface area contributed by atoms with Gasteiger partial charge < -0.3 is 15.2 Å². The van der Waals surface area contributed by atoms with E-state index in [0.717, 1.165) is 33.6 Å². The number of aliphatic hydroxyl groups is 1. The van der Waals surface area contributed by atoms with E-state index < -0.39 is 0 Å². The molecular weight excluding hydrogens is 330 g/mol. The van der Waals surface area contributed by atoms with Crippen molar-refractivity contribution in [1.29, 1.82) is 0 Å². The fourth-order valence-electron chi connectivity index (χ4n) is 1.89. The van der Waals surface area contributed by atoms with Gasteiger partial charge in [-0.15, -0.1) is 0 Å². The lowest BCUT2D eigenvalue weighted by molar-refractivity contribution is 0.281. The Labute approximate surface area is 134 Å². The molecule has 2 N–H and O–H groups in total. The molecule has 2 aromatic rings. The molecular formula is C17H20BrNO2. The fourth-order valence-corrected chi connectivity index (χ4v) is 2.30. The Bertz CT molecular complexity index is 582. The van der Waals surface area contributed by atoms with Gasteiger partial charge in [0, 0.05) is 22.6 Å². The molecule has 0 fully saturated rings. The molecule has 0 saturated carbocycles. The van der Waals surface area contributed by atoms with Gasteiger partial charge in [-0.1, -0.05) is 41.9 Å². The van der Waals surface area contributed by atoms with Gasteiger partial charge >= 0.3 is 0 Å². The molecule has 0 aliphatic heterocycles. The molecule has 0 heterocycles. The van der Waals surface area contributed by atoms with Crippen LogP contribution in [0.2, 0.25) is 0 Å². The van der Waals surface area contributed by atoms with Crippen molar-refractivity contribution in [1.82, 2.24) is 5.32 Å². The van der Waals surface area contributed by atoms with E-state index >= 15 is 0 Å². The van der Waals surface area contributed by atoms with Crippen molar-refractivity contribution in [3.63, 3.8) is 0 Å². The number of aliphatic hydroxyl groups excluding tert-OH is 1. The molecule has 0 aliphatic rings. The minimum atomic E-state index is 0.0438. The SMILES string of the molecule is CC(C)NCc1cc(Br)ccc1Oc1ccc(CO)cc1. The molecule has 0 spiro atoms. The minimum absolute atomic E-state index is 0.0438. The van der Waals surface area contributed by atoms with Gasteiger partial charge in [0.2, 0.25) is 0 Å². The van der Waals surface area contributed by atoms with E-state index in [1.807, 2.05) is 36.4 Å². The molecule has 0 saturated heterocycles. The number of nitrogens with one attached hydrogen (secondary N) is 1. The maximum Gasteiger partial charge on any atom is 0.131 e. The first-order valence-electron chi connectivity index (χ1n) is 6.98. The first-order chi connectivity index (χ1) is 10.1. The Morgan fingerprint density at radius 1 is 1.14 bits per heavy atom. The zero-order chi connectivity index (χ0) is 15.2. The van der Waals surface area contributed by atoms with Crippen molar-refractivity contribution in [3.05, 3.63) is 58.1 Å². The summed E-state index contributed by atoms with van der Waals surface area (Å²) in [6.45, 7) is 5.03. The van der Waals surface area contributed by atoms with E-state index in [1.54, 1.807) is 0 Å². The minimum Gasteiger partial charge on any atom is -0.457 e. The summed E-state index contributed by atoms with van der Waals surface area (Å²) in [5, 5.41) is 12.5. The van der Waals surface area contributed by atoms with Gasteiger partial charge in [-0.25, -0.2) is 0 Å². The van der Waals surface area contributed by atoms with Gasteiger partial charge in [-0.3, -0.25) is 0 Å². The third-order valence-corrected chi connectivity index (χ3v) is 3.55. The second kappa shape index (κ2) is 7.59. The zero-order valence-corrected chi connectivity index (χ0v) is 13.9. The Hall–Kier alpha value is -1.36. The molecule has 0 aliphatic carbocycles. The summed E-state index contributed by atoms with van der Waals surface area (Å²) in [6, 6.07) is 13.9. The average Bonchev–Trinajstić information content (AvgIpc) is 2.48. The Morgan fingerprint density at radius 2 is 1.86 bits per heavy atom. The molecule has 112 valence electrons. The number of hydrogen-bond acceptors (Lipinski definition) is 3. The molecule has 2 aromatic carbocycles. The van der Waals surface area contributed by atoms with Crippen molar-refractivity contribution in [3.8, 4) is 11.5 Å². The predicted molar refractivity (Wildman–Crippen MR) is 88.6 cm³/mol. The third kappa shape index (κ3) is 4.84. The summed E-state index contributed by atoms with van der Waals surface area (Å²) in [5.41, 5.74) is 1.98. The second-order valence-electron chi connectivity index (χ2n) is 5.19. The van der Waals surface area contributed by atoms with Crippen molar-refractivity contribution in [2.75, 3.05) is 0 Å². The van der Waals surface area contributed by atoms with E-state index in [9.17, 15) is 0 Å². The topological polar surface area (TPSA) is 41.5 Å². The molecule has 0 unspecified atom stereocenters. The van der Waals surface area contributed by atoms with Crippen LogP contribution >= 0.6 is 15.9 Å². The van der Waals surface area contributed by atoms with E-state index in [2.05, 4.69) is 41.2 Å². The Morgan fingerprint density at radius 3 is 2.48 bits per heavy atom. The lowest BCUT2D eigenvalue weighted by Gasteiger charge is -2.14.